The average Bonchev–Trinajstić information content (AvgIpc) is 3.43. The van der Waals surface area contributed by atoms with Crippen LogP contribution >= 0.6 is 0 Å². The molecule has 29 heavy (non-hydrogen) atoms. The van der Waals surface area contributed by atoms with Gasteiger partial charge in [-0.25, -0.2) is 0 Å². The number of cyclic esters (lactones) is 2. The fraction of sp³-hybridized carbons (Fsp3) is 0.333. The van der Waals surface area contributed by atoms with E-state index in [1.165, 1.54) is 14.2 Å². The third-order valence-electron chi connectivity index (χ3n) is 5.53. The maximum atomic E-state index is 12.7. The van der Waals surface area contributed by atoms with E-state index in [2.05, 4.69) is 0 Å². The number of fused-ring (bicyclic) bond motifs is 2. The molecule has 0 spiro atoms. The summed E-state index contributed by atoms with van der Waals surface area (Å²) in [5.41, 5.74) is 1.31. The first-order valence-corrected chi connectivity index (χ1v) is 9.13. The number of hydrogen-bond acceptors (Lipinski definition) is 8. The van der Waals surface area contributed by atoms with Crippen molar-refractivity contribution < 1.29 is 38.0 Å². The summed E-state index contributed by atoms with van der Waals surface area (Å²) in [6.07, 6.45) is -1.49. The third-order valence-corrected chi connectivity index (χ3v) is 5.53. The zero-order valence-corrected chi connectivity index (χ0v) is 15.7. The first-order valence-electron chi connectivity index (χ1n) is 9.13. The van der Waals surface area contributed by atoms with Gasteiger partial charge in [-0.2, -0.15) is 0 Å². The molecule has 8 heteroatoms. The van der Waals surface area contributed by atoms with E-state index in [1.54, 1.807) is 36.4 Å². The lowest BCUT2D eigenvalue weighted by atomic mass is 9.84. The summed E-state index contributed by atoms with van der Waals surface area (Å²) in [6.45, 7) is 0.138. The largest absolute Gasteiger partial charge is 0.493 e. The minimum absolute atomic E-state index is 0.138. The summed E-state index contributed by atoms with van der Waals surface area (Å²) < 4.78 is 32.5. The first kappa shape index (κ1) is 17.7. The summed E-state index contributed by atoms with van der Waals surface area (Å²) in [5.74, 6) is -0.201. The van der Waals surface area contributed by atoms with E-state index in [0.717, 1.165) is 0 Å². The summed E-state index contributed by atoms with van der Waals surface area (Å²) >= 11 is 0. The van der Waals surface area contributed by atoms with Gasteiger partial charge in [0, 0.05) is 0 Å². The molecule has 3 aliphatic rings. The highest BCUT2D eigenvalue weighted by molar-refractivity contribution is 5.89. The Morgan fingerprint density at radius 2 is 1.34 bits per heavy atom. The second kappa shape index (κ2) is 6.58. The molecule has 0 amide bonds. The molecule has 4 atom stereocenters. The molecule has 0 saturated carbocycles. The van der Waals surface area contributed by atoms with Gasteiger partial charge in [0.2, 0.25) is 6.79 Å². The molecular formula is C21H18O8. The van der Waals surface area contributed by atoms with Crippen LogP contribution in [0.15, 0.2) is 36.4 Å². The number of rotatable bonds is 4. The molecule has 0 aromatic heterocycles. The van der Waals surface area contributed by atoms with Crippen LogP contribution in [0, 0.1) is 11.8 Å². The molecule has 2 saturated heterocycles. The minimum Gasteiger partial charge on any atom is -0.493 e. The molecule has 150 valence electrons. The number of hydrogen-bond donors (Lipinski definition) is 0. The molecule has 2 fully saturated rings. The van der Waals surface area contributed by atoms with Crippen LogP contribution in [-0.4, -0.2) is 33.0 Å². The van der Waals surface area contributed by atoms with Gasteiger partial charge < -0.3 is 28.4 Å². The van der Waals surface area contributed by atoms with E-state index in [0.29, 0.717) is 34.1 Å². The molecule has 8 nitrogen and oxygen atoms in total. The van der Waals surface area contributed by atoms with Gasteiger partial charge in [0.05, 0.1) is 14.2 Å². The lowest BCUT2D eigenvalue weighted by Crippen LogP contribution is -2.19. The van der Waals surface area contributed by atoms with E-state index in [9.17, 15) is 9.59 Å². The lowest BCUT2D eigenvalue weighted by Gasteiger charge is -2.16. The van der Waals surface area contributed by atoms with Gasteiger partial charge in [0.25, 0.3) is 0 Å². The Labute approximate surface area is 166 Å². The highest BCUT2D eigenvalue weighted by Gasteiger charge is 2.60. The number of carbonyl (C=O) groups is 2. The zero-order valence-electron chi connectivity index (χ0n) is 15.7. The van der Waals surface area contributed by atoms with Crippen molar-refractivity contribution in [3.05, 3.63) is 47.5 Å². The van der Waals surface area contributed by atoms with Gasteiger partial charge in [-0.1, -0.05) is 12.1 Å². The molecule has 0 aliphatic carbocycles. The molecule has 3 aliphatic heterocycles. The van der Waals surface area contributed by atoms with Crippen molar-refractivity contribution in [2.45, 2.75) is 12.2 Å². The third kappa shape index (κ3) is 2.66. The van der Waals surface area contributed by atoms with Crippen molar-refractivity contribution in [3.8, 4) is 23.0 Å². The summed E-state index contributed by atoms with van der Waals surface area (Å²) in [6, 6.07) is 10.4. The van der Waals surface area contributed by atoms with Crippen LogP contribution in [0.3, 0.4) is 0 Å². The summed E-state index contributed by atoms with van der Waals surface area (Å²) in [4.78, 5) is 25.4. The number of methoxy groups -OCH3 is 2. The van der Waals surface area contributed by atoms with Crippen molar-refractivity contribution in [1.29, 1.82) is 0 Å². The van der Waals surface area contributed by atoms with E-state index in [-0.39, 0.29) is 6.79 Å². The fourth-order valence-corrected chi connectivity index (χ4v) is 4.14. The first-order chi connectivity index (χ1) is 14.1. The van der Waals surface area contributed by atoms with Gasteiger partial charge in [-0.15, -0.1) is 0 Å². The van der Waals surface area contributed by atoms with Gasteiger partial charge in [0.1, 0.15) is 24.0 Å². The lowest BCUT2D eigenvalue weighted by molar-refractivity contribution is -0.154. The van der Waals surface area contributed by atoms with E-state index >= 15 is 0 Å². The Hall–Kier alpha value is -3.42. The quantitative estimate of drug-likeness (QED) is 0.726. The van der Waals surface area contributed by atoms with Crippen LogP contribution in [-0.2, 0) is 19.1 Å². The molecule has 0 radical (unpaired) electrons. The predicted molar refractivity (Wildman–Crippen MR) is 96.8 cm³/mol. The standard InChI is InChI=1S/C21H18O8/c1-24-12-5-3-10(7-14(12)25-2)18-16-17(21(23)28-18)19(29-20(16)22)11-4-6-13-15(8-11)27-9-26-13/h3-8,16-19H,9H2,1-2H3/t16-,17-,18+,19-/m0/s1. The van der Waals surface area contributed by atoms with Crippen LogP contribution in [0.2, 0.25) is 0 Å². The topological polar surface area (TPSA) is 89.5 Å². The Bertz CT molecular complexity index is 998. The maximum Gasteiger partial charge on any atom is 0.314 e. The Balaban J connectivity index is 1.48. The molecule has 0 N–H and O–H groups in total. The SMILES string of the molecule is COc1ccc([C@H]2OC(=O)[C@H]3[C@@H]2C(=O)O[C@H]3c2ccc3c(c2)OCO3)cc1OC. The number of ether oxygens (including phenoxy) is 6. The van der Waals surface area contributed by atoms with Crippen LogP contribution < -0.4 is 18.9 Å². The van der Waals surface area contributed by atoms with E-state index in [4.69, 9.17) is 28.4 Å². The van der Waals surface area contributed by atoms with Crippen LogP contribution in [0.1, 0.15) is 23.3 Å². The van der Waals surface area contributed by atoms with Crippen molar-refractivity contribution in [2.24, 2.45) is 11.8 Å². The van der Waals surface area contributed by atoms with Gasteiger partial charge in [-0.05, 0) is 35.4 Å². The second-order valence-electron chi connectivity index (χ2n) is 6.99. The molecular weight excluding hydrogens is 380 g/mol. The number of esters is 2. The van der Waals surface area contributed by atoms with Gasteiger partial charge >= 0.3 is 11.9 Å². The fourth-order valence-electron chi connectivity index (χ4n) is 4.14. The molecule has 5 rings (SSSR count). The molecule has 0 unspecified atom stereocenters. The molecule has 0 bridgehead atoms. The number of benzene rings is 2. The van der Waals surface area contributed by atoms with Gasteiger partial charge in [-0.3, -0.25) is 9.59 Å². The second-order valence-corrected chi connectivity index (χ2v) is 6.99. The number of carbonyl (C=O) groups excluding carboxylic acids is 2. The van der Waals surface area contributed by atoms with Crippen molar-refractivity contribution in [3.63, 3.8) is 0 Å². The van der Waals surface area contributed by atoms with Crippen molar-refractivity contribution in [1.82, 2.24) is 0 Å². The smallest absolute Gasteiger partial charge is 0.314 e. The highest BCUT2D eigenvalue weighted by Crippen LogP contribution is 2.53. The highest BCUT2D eigenvalue weighted by atomic mass is 16.7. The van der Waals surface area contributed by atoms with Crippen LogP contribution in [0.25, 0.3) is 0 Å². The van der Waals surface area contributed by atoms with Crippen molar-refractivity contribution >= 4 is 11.9 Å². The van der Waals surface area contributed by atoms with Gasteiger partial charge in [0.15, 0.2) is 23.0 Å². The predicted octanol–water partition coefficient (Wildman–Crippen LogP) is 2.56. The molecule has 2 aromatic carbocycles. The van der Waals surface area contributed by atoms with Crippen LogP contribution in [0.4, 0.5) is 0 Å². The van der Waals surface area contributed by atoms with E-state index in [1.807, 2.05) is 0 Å². The maximum absolute atomic E-state index is 12.7. The Morgan fingerprint density at radius 1 is 0.759 bits per heavy atom. The zero-order chi connectivity index (χ0) is 20.1. The Morgan fingerprint density at radius 3 is 2.00 bits per heavy atom. The molecule has 2 aromatic rings. The summed E-state index contributed by atoms with van der Waals surface area (Å²) in [5, 5.41) is 0. The Kier molecular flexibility index (Phi) is 4.01. The average molecular weight is 398 g/mol. The summed E-state index contributed by atoms with van der Waals surface area (Å²) in [7, 11) is 3.05. The minimum atomic E-state index is -0.751. The normalized spacial score (nSPS) is 26.7. The van der Waals surface area contributed by atoms with Crippen LogP contribution in [0.5, 0.6) is 23.0 Å². The monoisotopic (exact) mass is 398 g/mol. The molecule has 3 heterocycles. The van der Waals surface area contributed by atoms with E-state index < -0.39 is 36.0 Å². The van der Waals surface area contributed by atoms with Crippen molar-refractivity contribution in [2.75, 3.05) is 21.0 Å².